The molecular formula is C22H23ClN4O. The highest BCUT2D eigenvalue weighted by molar-refractivity contribution is 6.30. The topological polar surface area (TPSA) is 41.4 Å². The second-order valence-electron chi connectivity index (χ2n) is 7.06. The van der Waals surface area contributed by atoms with E-state index in [-0.39, 0.29) is 5.91 Å². The van der Waals surface area contributed by atoms with E-state index in [0.717, 1.165) is 47.3 Å². The second-order valence-corrected chi connectivity index (χ2v) is 7.49. The first-order valence-electron chi connectivity index (χ1n) is 9.46. The molecule has 0 radical (unpaired) electrons. The number of nitrogens with zero attached hydrogens (tertiary/aromatic N) is 4. The molecule has 1 amide bonds. The molecule has 1 fully saturated rings. The van der Waals surface area contributed by atoms with E-state index in [9.17, 15) is 4.79 Å². The summed E-state index contributed by atoms with van der Waals surface area (Å²) in [4.78, 5) is 21.3. The number of benzene rings is 2. The Kier molecular flexibility index (Phi) is 5.35. The lowest BCUT2D eigenvalue weighted by molar-refractivity contribution is 0.0747. The monoisotopic (exact) mass is 394 g/mol. The summed E-state index contributed by atoms with van der Waals surface area (Å²) in [5.74, 6) is 1.08. The van der Waals surface area contributed by atoms with Gasteiger partial charge in [-0.25, -0.2) is 4.98 Å². The van der Waals surface area contributed by atoms with Crippen LogP contribution in [0.3, 0.4) is 0 Å². The Bertz CT molecular complexity index is 959. The molecule has 2 heterocycles. The van der Waals surface area contributed by atoms with Crippen LogP contribution in [-0.2, 0) is 6.54 Å². The lowest BCUT2D eigenvalue weighted by Gasteiger charge is -2.36. The van der Waals surface area contributed by atoms with Crippen LogP contribution in [0.25, 0.3) is 0 Å². The smallest absolute Gasteiger partial charge is 0.253 e. The number of amides is 1. The molecule has 2 aromatic carbocycles. The van der Waals surface area contributed by atoms with Gasteiger partial charge in [-0.05, 0) is 42.8 Å². The average Bonchev–Trinajstić information content (AvgIpc) is 3.13. The van der Waals surface area contributed by atoms with Crippen molar-refractivity contribution in [3.63, 3.8) is 0 Å². The standard InChI is InChI=1S/C22H23ClN4O/c1-17-24-9-10-27(17)16-18-5-7-19(8-6-18)22(28)26-13-11-25(12-14-26)21-4-2-3-20(23)15-21/h2-10,15H,11-14,16H2,1H3. The third kappa shape index (κ3) is 4.04. The molecule has 6 heteroatoms. The van der Waals surface area contributed by atoms with Gasteiger partial charge in [-0.3, -0.25) is 4.79 Å². The van der Waals surface area contributed by atoms with Crippen molar-refractivity contribution in [2.45, 2.75) is 13.5 Å². The van der Waals surface area contributed by atoms with Crippen LogP contribution in [0.1, 0.15) is 21.7 Å². The molecule has 0 aliphatic carbocycles. The number of aryl methyl sites for hydroxylation is 1. The van der Waals surface area contributed by atoms with Crippen LogP contribution in [0.5, 0.6) is 0 Å². The van der Waals surface area contributed by atoms with Crippen molar-refractivity contribution in [3.8, 4) is 0 Å². The summed E-state index contributed by atoms with van der Waals surface area (Å²) in [6.45, 7) is 5.79. The highest BCUT2D eigenvalue weighted by Crippen LogP contribution is 2.21. The summed E-state index contributed by atoms with van der Waals surface area (Å²) in [5, 5.41) is 0.738. The van der Waals surface area contributed by atoms with Crippen molar-refractivity contribution in [3.05, 3.63) is 82.9 Å². The van der Waals surface area contributed by atoms with Crippen LogP contribution in [-0.4, -0.2) is 46.5 Å². The van der Waals surface area contributed by atoms with Gasteiger partial charge in [0.05, 0.1) is 0 Å². The number of piperazine rings is 1. The zero-order valence-corrected chi connectivity index (χ0v) is 16.6. The third-order valence-electron chi connectivity index (χ3n) is 5.22. The average molecular weight is 395 g/mol. The fourth-order valence-electron chi connectivity index (χ4n) is 3.54. The summed E-state index contributed by atoms with van der Waals surface area (Å²) >= 11 is 6.09. The minimum atomic E-state index is 0.0936. The Labute approximate surface area is 170 Å². The molecule has 144 valence electrons. The number of carbonyl (C=O) groups is 1. The predicted molar refractivity (Wildman–Crippen MR) is 112 cm³/mol. The second kappa shape index (κ2) is 8.07. The zero-order chi connectivity index (χ0) is 19.5. The van der Waals surface area contributed by atoms with Gasteiger partial charge in [0.2, 0.25) is 0 Å². The first-order valence-corrected chi connectivity index (χ1v) is 9.84. The summed E-state index contributed by atoms with van der Waals surface area (Å²) in [6, 6.07) is 15.8. The number of imidazole rings is 1. The van der Waals surface area contributed by atoms with E-state index in [1.54, 1.807) is 6.20 Å². The maximum Gasteiger partial charge on any atom is 0.253 e. The van der Waals surface area contributed by atoms with E-state index < -0.39 is 0 Å². The fourth-order valence-corrected chi connectivity index (χ4v) is 3.73. The van der Waals surface area contributed by atoms with E-state index in [2.05, 4.69) is 20.5 Å². The van der Waals surface area contributed by atoms with E-state index >= 15 is 0 Å². The largest absolute Gasteiger partial charge is 0.368 e. The van der Waals surface area contributed by atoms with Gasteiger partial charge in [0, 0.05) is 61.4 Å². The van der Waals surface area contributed by atoms with Gasteiger partial charge in [-0.1, -0.05) is 29.8 Å². The van der Waals surface area contributed by atoms with Crippen molar-refractivity contribution in [1.29, 1.82) is 0 Å². The molecule has 0 spiro atoms. The van der Waals surface area contributed by atoms with E-state index in [1.807, 2.05) is 60.5 Å². The number of carbonyl (C=O) groups excluding carboxylic acids is 1. The van der Waals surface area contributed by atoms with Crippen molar-refractivity contribution >= 4 is 23.2 Å². The van der Waals surface area contributed by atoms with Crippen LogP contribution in [0, 0.1) is 6.92 Å². The molecule has 4 rings (SSSR count). The lowest BCUT2D eigenvalue weighted by Crippen LogP contribution is -2.48. The van der Waals surface area contributed by atoms with Crippen molar-refractivity contribution < 1.29 is 4.79 Å². The normalized spacial score (nSPS) is 14.4. The molecule has 0 atom stereocenters. The van der Waals surface area contributed by atoms with E-state index in [0.29, 0.717) is 13.1 Å². The quantitative estimate of drug-likeness (QED) is 0.674. The minimum absolute atomic E-state index is 0.0936. The molecule has 0 N–H and O–H groups in total. The number of halogens is 1. The number of aromatic nitrogens is 2. The highest BCUT2D eigenvalue weighted by atomic mass is 35.5. The third-order valence-corrected chi connectivity index (χ3v) is 5.45. The van der Waals surface area contributed by atoms with Gasteiger partial charge in [-0.15, -0.1) is 0 Å². The van der Waals surface area contributed by atoms with Gasteiger partial charge >= 0.3 is 0 Å². The molecule has 5 nitrogen and oxygen atoms in total. The Balaban J connectivity index is 1.36. The van der Waals surface area contributed by atoms with Crippen LogP contribution < -0.4 is 4.90 Å². The minimum Gasteiger partial charge on any atom is -0.368 e. The summed E-state index contributed by atoms with van der Waals surface area (Å²) in [7, 11) is 0. The first-order chi connectivity index (χ1) is 13.6. The molecule has 0 bridgehead atoms. The molecule has 0 saturated carbocycles. The molecule has 1 saturated heterocycles. The Hall–Kier alpha value is -2.79. The van der Waals surface area contributed by atoms with Crippen LogP contribution >= 0.6 is 11.6 Å². The maximum absolute atomic E-state index is 12.9. The number of rotatable bonds is 4. The molecular weight excluding hydrogens is 372 g/mol. The summed E-state index contributed by atoms with van der Waals surface area (Å²) in [5.41, 5.74) is 3.00. The van der Waals surface area contributed by atoms with Crippen molar-refractivity contribution in [1.82, 2.24) is 14.5 Å². The van der Waals surface area contributed by atoms with Gasteiger partial charge in [-0.2, -0.15) is 0 Å². The van der Waals surface area contributed by atoms with Gasteiger partial charge in [0.1, 0.15) is 5.82 Å². The Morgan fingerprint density at radius 2 is 1.82 bits per heavy atom. The first kappa shape index (κ1) is 18.6. The zero-order valence-electron chi connectivity index (χ0n) is 15.9. The van der Waals surface area contributed by atoms with Crippen LogP contribution in [0.15, 0.2) is 60.9 Å². The molecule has 3 aromatic rings. The van der Waals surface area contributed by atoms with Crippen molar-refractivity contribution in [2.75, 3.05) is 31.1 Å². The van der Waals surface area contributed by atoms with E-state index in [1.165, 1.54) is 0 Å². The SMILES string of the molecule is Cc1nccn1Cc1ccc(C(=O)N2CCN(c3cccc(Cl)c3)CC2)cc1. The number of hydrogen-bond acceptors (Lipinski definition) is 3. The fraction of sp³-hybridized carbons (Fsp3) is 0.273. The molecule has 1 aliphatic rings. The highest BCUT2D eigenvalue weighted by Gasteiger charge is 2.22. The molecule has 0 unspecified atom stereocenters. The van der Waals surface area contributed by atoms with Gasteiger partial charge < -0.3 is 14.4 Å². The number of hydrogen-bond donors (Lipinski definition) is 0. The maximum atomic E-state index is 12.9. The summed E-state index contributed by atoms with van der Waals surface area (Å²) in [6.07, 6.45) is 3.77. The van der Waals surface area contributed by atoms with E-state index in [4.69, 9.17) is 11.6 Å². The molecule has 1 aliphatic heterocycles. The van der Waals surface area contributed by atoms with Gasteiger partial charge in [0.25, 0.3) is 5.91 Å². The number of anilines is 1. The van der Waals surface area contributed by atoms with Crippen LogP contribution in [0.2, 0.25) is 5.02 Å². The molecule has 1 aromatic heterocycles. The summed E-state index contributed by atoms with van der Waals surface area (Å²) < 4.78 is 2.09. The van der Waals surface area contributed by atoms with Crippen LogP contribution in [0.4, 0.5) is 5.69 Å². The predicted octanol–water partition coefficient (Wildman–Crippen LogP) is 3.86. The molecule has 28 heavy (non-hydrogen) atoms. The lowest BCUT2D eigenvalue weighted by atomic mass is 10.1. The van der Waals surface area contributed by atoms with Crippen molar-refractivity contribution in [2.24, 2.45) is 0 Å². The Morgan fingerprint density at radius 3 is 2.46 bits per heavy atom. The Morgan fingerprint density at radius 1 is 1.07 bits per heavy atom. The van der Waals surface area contributed by atoms with Gasteiger partial charge in [0.15, 0.2) is 0 Å².